The summed E-state index contributed by atoms with van der Waals surface area (Å²) in [6.45, 7) is 10.1. The van der Waals surface area contributed by atoms with Gasteiger partial charge in [-0.05, 0) is 18.4 Å². The molecule has 0 spiro atoms. The zero-order valence-corrected chi connectivity index (χ0v) is 10.2. The van der Waals surface area contributed by atoms with Crippen LogP contribution in [0.25, 0.3) is 0 Å². The first-order valence-electron chi connectivity index (χ1n) is 6.03. The normalized spacial score (nSPS) is 15.9. The van der Waals surface area contributed by atoms with E-state index in [0.717, 1.165) is 18.9 Å². The molecule has 2 nitrogen and oxygen atoms in total. The van der Waals surface area contributed by atoms with Crippen LogP contribution in [-0.4, -0.2) is 24.3 Å². The van der Waals surface area contributed by atoms with E-state index in [9.17, 15) is 5.11 Å². The van der Waals surface area contributed by atoms with Crippen molar-refractivity contribution in [1.29, 1.82) is 0 Å². The van der Waals surface area contributed by atoms with Crippen molar-refractivity contribution in [3.63, 3.8) is 0 Å². The zero-order chi connectivity index (χ0) is 11.0. The van der Waals surface area contributed by atoms with Gasteiger partial charge in [0.1, 0.15) is 0 Å². The maximum Gasteiger partial charge on any atom is 0.0587 e. The molecule has 0 rings (SSSR count). The highest BCUT2D eigenvalue weighted by atomic mass is 16.3. The van der Waals surface area contributed by atoms with Crippen molar-refractivity contribution in [1.82, 2.24) is 5.32 Å². The number of aliphatic hydroxyl groups is 1. The molecule has 0 bridgehead atoms. The fourth-order valence-electron chi connectivity index (χ4n) is 1.63. The van der Waals surface area contributed by atoms with Crippen LogP contribution >= 0.6 is 0 Å². The molecule has 2 heteroatoms. The monoisotopic (exact) mass is 201 g/mol. The second-order valence-corrected chi connectivity index (χ2v) is 4.27. The van der Waals surface area contributed by atoms with Gasteiger partial charge >= 0.3 is 0 Å². The first-order chi connectivity index (χ1) is 6.69. The van der Waals surface area contributed by atoms with Crippen LogP contribution in [0.2, 0.25) is 0 Å². The maximum atomic E-state index is 9.22. The van der Waals surface area contributed by atoms with Crippen molar-refractivity contribution in [2.24, 2.45) is 11.8 Å². The average molecular weight is 201 g/mol. The summed E-state index contributed by atoms with van der Waals surface area (Å²) in [6.07, 6.45) is 3.57. The number of nitrogens with one attached hydrogen (secondary N) is 1. The van der Waals surface area contributed by atoms with Gasteiger partial charge in [-0.3, -0.25) is 0 Å². The van der Waals surface area contributed by atoms with E-state index < -0.39 is 0 Å². The molecule has 0 aromatic heterocycles. The van der Waals surface area contributed by atoms with Gasteiger partial charge in [0.05, 0.1) is 6.61 Å². The van der Waals surface area contributed by atoms with Crippen LogP contribution in [0.15, 0.2) is 0 Å². The third-order valence-corrected chi connectivity index (χ3v) is 3.35. The van der Waals surface area contributed by atoms with Gasteiger partial charge in [-0.25, -0.2) is 0 Å². The first kappa shape index (κ1) is 13.9. The van der Waals surface area contributed by atoms with Crippen molar-refractivity contribution in [3.05, 3.63) is 0 Å². The van der Waals surface area contributed by atoms with Gasteiger partial charge < -0.3 is 10.4 Å². The van der Waals surface area contributed by atoms with Crippen LogP contribution in [0.4, 0.5) is 0 Å². The molecule has 2 atom stereocenters. The summed E-state index contributed by atoms with van der Waals surface area (Å²) in [6, 6.07) is 0.278. The number of aliphatic hydroxyl groups excluding tert-OH is 1. The van der Waals surface area contributed by atoms with Gasteiger partial charge in [0.2, 0.25) is 0 Å². The standard InChI is InChI=1S/C12H27NO/c1-5-10(4)12(9-14)13-8-11(6-2)7-3/h10-14H,5-9H2,1-4H3. The van der Waals surface area contributed by atoms with Gasteiger partial charge in [-0.15, -0.1) is 0 Å². The molecule has 0 heterocycles. The third kappa shape index (κ3) is 4.97. The molecule has 0 fully saturated rings. The number of hydrogen-bond donors (Lipinski definition) is 2. The zero-order valence-electron chi connectivity index (χ0n) is 10.2. The Morgan fingerprint density at radius 3 is 2.00 bits per heavy atom. The fourth-order valence-corrected chi connectivity index (χ4v) is 1.63. The van der Waals surface area contributed by atoms with Gasteiger partial charge in [0, 0.05) is 6.04 Å². The van der Waals surface area contributed by atoms with Crippen LogP contribution in [0, 0.1) is 11.8 Å². The fraction of sp³-hybridized carbons (Fsp3) is 1.00. The lowest BCUT2D eigenvalue weighted by Gasteiger charge is -2.24. The van der Waals surface area contributed by atoms with E-state index in [1.165, 1.54) is 12.8 Å². The summed E-state index contributed by atoms with van der Waals surface area (Å²) in [5.41, 5.74) is 0. The molecule has 0 aromatic rings. The smallest absolute Gasteiger partial charge is 0.0587 e. The first-order valence-corrected chi connectivity index (χ1v) is 6.03. The lowest BCUT2D eigenvalue weighted by atomic mass is 9.98. The lowest BCUT2D eigenvalue weighted by Crippen LogP contribution is -2.40. The van der Waals surface area contributed by atoms with E-state index in [4.69, 9.17) is 0 Å². The minimum atomic E-state index is 0.259. The van der Waals surface area contributed by atoms with Crippen LogP contribution < -0.4 is 5.32 Å². The summed E-state index contributed by atoms with van der Waals surface area (Å²) in [4.78, 5) is 0. The van der Waals surface area contributed by atoms with E-state index in [1.807, 2.05) is 0 Å². The quantitative estimate of drug-likeness (QED) is 0.632. The lowest BCUT2D eigenvalue weighted by molar-refractivity contribution is 0.195. The highest BCUT2D eigenvalue weighted by Gasteiger charge is 2.15. The second kappa shape index (κ2) is 8.25. The third-order valence-electron chi connectivity index (χ3n) is 3.35. The summed E-state index contributed by atoms with van der Waals surface area (Å²) in [7, 11) is 0. The molecule has 0 aromatic carbocycles. The molecule has 86 valence electrons. The molecule has 0 radical (unpaired) electrons. The Kier molecular flexibility index (Phi) is 8.20. The Labute approximate surface area is 89.1 Å². The van der Waals surface area contributed by atoms with Crippen LogP contribution in [0.3, 0.4) is 0 Å². The Morgan fingerprint density at radius 1 is 1.07 bits per heavy atom. The van der Waals surface area contributed by atoms with Gasteiger partial charge in [0.15, 0.2) is 0 Å². The van der Waals surface area contributed by atoms with E-state index in [2.05, 4.69) is 33.0 Å². The van der Waals surface area contributed by atoms with E-state index in [0.29, 0.717) is 5.92 Å². The van der Waals surface area contributed by atoms with Crippen molar-refractivity contribution in [2.45, 2.75) is 53.0 Å². The summed E-state index contributed by atoms with van der Waals surface area (Å²) < 4.78 is 0. The largest absolute Gasteiger partial charge is 0.395 e. The summed E-state index contributed by atoms with van der Waals surface area (Å²) >= 11 is 0. The van der Waals surface area contributed by atoms with Gasteiger partial charge in [-0.1, -0.05) is 47.0 Å². The van der Waals surface area contributed by atoms with Crippen molar-refractivity contribution in [2.75, 3.05) is 13.2 Å². The Morgan fingerprint density at radius 2 is 1.64 bits per heavy atom. The molecule has 0 saturated carbocycles. The van der Waals surface area contributed by atoms with Crippen LogP contribution in [-0.2, 0) is 0 Å². The SMILES string of the molecule is CCC(CC)CNC(CO)C(C)CC. The maximum absolute atomic E-state index is 9.22. The minimum absolute atomic E-state index is 0.259. The van der Waals surface area contributed by atoms with Crippen molar-refractivity contribution >= 4 is 0 Å². The van der Waals surface area contributed by atoms with Gasteiger partial charge in [-0.2, -0.15) is 0 Å². The molecule has 0 aliphatic carbocycles. The second-order valence-electron chi connectivity index (χ2n) is 4.27. The van der Waals surface area contributed by atoms with Crippen molar-refractivity contribution < 1.29 is 5.11 Å². The van der Waals surface area contributed by atoms with E-state index in [1.54, 1.807) is 0 Å². The molecule has 14 heavy (non-hydrogen) atoms. The highest BCUT2D eigenvalue weighted by Crippen LogP contribution is 2.10. The topological polar surface area (TPSA) is 32.3 Å². The molecule has 2 N–H and O–H groups in total. The van der Waals surface area contributed by atoms with Crippen LogP contribution in [0.5, 0.6) is 0 Å². The number of rotatable bonds is 8. The Bertz CT molecular complexity index is 123. The molecule has 0 amide bonds. The molecule has 2 unspecified atom stereocenters. The Hall–Kier alpha value is -0.0800. The molecule has 0 aliphatic heterocycles. The van der Waals surface area contributed by atoms with Gasteiger partial charge in [0.25, 0.3) is 0 Å². The number of hydrogen-bond acceptors (Lipinski definition) is 2. The average Bonchev–Trinajstić information content (AvgIpc) is 2.24. The molecule has 0 aliphatic rings. The molecule has 0 saturated heterocycles. The van der Waals surface area contributed by atoms with E-state index in [-0.39, 0.29) is 12.6 Å². The predicted octanol–water partition coefficient (Wildman–Crippen LogP) is 2.42. The van der Waals surface area contributed by atoms with Crippen LogP contribution in [0.1, 0.15) is 47.0 Å². The minimum Gasteiger partial charge on any atom is -0.395 e. The molecular formula is C12H27NO. The predicted molar refractivity (Wildman–Crippen MR) is 62.4 cm³/mol. The summed E-state index contributed by atoms with van der Waals surface area (Å²) in [5, 5.41) is 12.7. The Balaban J connectivity index is 3.81. The van der Waals surface area contributed by atoms with E-state index >= 15 is 0 Å². The van der Waals surface area contributed by atoms with Crippen molar-refractivity contribution in [3.8, 4) is 0 Å². The summed E-state index contributed by atoms with van der Waals surface area (Å²) in [5.74, 6) is 1.32. The molecular weight excluding hydrogens is 174 g/mol. The highest BCUT2D eigenvalue weighted by molar-refractivity contribution is 4.73.